The first-order chi connectivity index (χ1) is 10.1. The summed E-state index contributed by atoms with van der Waals surface area (Å²) in [4.78, 5) is 11.0. The number of hydrogen-bond acceptors (Lipinski definition) is 3. The Morgan fingerprint density at radius 1 is 1.14 bits per heavy atom. The van der Waals surface area contributed by atoms with Crippen LogP contribution in [0.1, 0.15) is 22.8 Å². The molecule has 1 N–H and O–H groups in total. The van der Waals surface area contributed by atoms with Crippen molar-refractivity contribution in [2.75, 3.05) is 13.7 Å². The molecule has 110 valence electrons. The summed E-state index contributed by atoms with van der Waals surface area (Å²) in [6.45, 7) is 4.55. The average Bonchev–Trinajstić information content (AvgIpc) is 2.47. The lowest BCUT2D eigenvalue weighted by Gasteiger charge is -2.13. The topological polar surface area (TPSA) is 55.8 Å². The van der Waals surface area contributed by atoms with Crippen LogP contribution in [0.4, 0.5) is 0 Å². The van der Waals surface area contributed by atoms with E-state index in [1.54, 1.807) is 12.1 Å². The van der Waals surface area contributed by atoms with Gasteiger partial charge in [0.1, 0.15) is 11.5 Å². The fourth-order valence-corrected chi connectivity index (χ4v) is 2.24. The third-order valence-electron chi connectivity index (χ3n) is 3.25. The van der Waals surface area contributed by atoms with Crippen molar-refractivity contribution in [2.45, 2.75) is 13.8 Å². The van der Waals surface area contributed by atoms with E-state index in [4.69, 9.17) is 14.6 Å². The molecular weight excluding hydrogens is 268 g/mol. The van der Waals surface area contributed by atoms with E-state index in [2.05, 4.69) is 0 Å². The number of methoxy groups -OCH3 is 1. The molecule has 0 amide bonds. The summed E-state index contributed by atoms with van der Waals surface area (Å²) in [6.07, 6.45) is 0. The van der Waals surface area contributed by atoms with Gasteiger partial charge in [-0.2, -0.15) is 0 Å². The number of ether oxygens (including phenoxy) is 2. The summed E-state index contributed by atoms with van der Waals surface area (Å²) in [6, 6.07) is 10.7. The molecule has 0 aliphatic heterocycles. The molecule has 2 aromatic rings. The number of rotatable bonds is 5. The molecule has 0 unspecified atom stereocenters. The highest BCUT2D eigenvalue weighted by molar-refractivity contribution is 5.90. The number of aromatic carboxylic acids is 1. The molecule has 0 atom stereocenters. The van der Waals surface area contributed by atoms with Crippen LogP contribution in [-0.2, 0) is 0 Å². The van der Waals surface area contributed by atoms with Crippen molar-refractivity contribution >= 4 is 5.97 Å². The maximum atomic E-state index is 11.0. The Hall–Kier alpha value is -2.49. The van der Waals surface area contributed by atoms with Crippen LogP contribution in [0, 0.1) is 6.92 Å². The number of carboxylic acid groups (broad SMARTS) is 1. The van der Waals surface area contributed by atoms with Crippen LogP contribution in [0.5, 0.6) is 11.5 Å². The Balaban J connectivity index is 2.48. The molecule has 21 heavy (non-hydrogen) atoms. The largest absolute Gasteiger partial charge is 0.496 e. The molecule has 0 saturated heterocycles. The van der Waals surface area contributed by atoms with Gasteiger partial charge in [-0.05, 0) is 55.3 Å². The molecule has 0 aliphatic rings. The quantitative estimate of drug-likeness (QED) is 0.909. The van der Waals surface area contributed by atoms with Gasteiger partial charge in [0.25, 0.3) is 0 Å². The number of hydrogen-bond donors (Lipinski definition) is 1. The normalized spacial score (nSPS) is 10.2. The number of benzene rings is 2. The summed E-state index contributed by atoms with van der Waals surface area (Å²) in [7, 11) is 1.54. The molecule has 0 aliphatic carbocycles. The SMILES string of the molecule is CCOc1ccc(-c2ccc(C(=O)O)cc2OC)c(C)c1. The van der Waals surface area contributed by atoms with Gasteiger partial charge in [-0.25, -0.2) is 4.79 Å². The first-order valence-electron chi connectivity index (χ1n) is 6.72. The van der Waals surface area contributed by atoms with Crippen LogP contribution in [0.2, 0.25) is 0 Å². The van der Waals surface area contributed by atoms with Gasteiger partial charge in [-0.15, -0.1) is 0 Å². The minimum absolute atomic E-state index is 0.208. The molecule has 0 radical (unpaired) electrons. The van der Waals surface area contributed by atoms with Crippen LogP contribution >= 0.6 is 0 Å². The minimum atomic E-state index is -0.969. The Bertz CT molecular complexity index is 662. The van der Waals surface area contributed by atoms with Gasteiger partial charge >= 0.3 is 5.97 Å². The second-order valence-corrected chi connectivity index (χ2v) is 4.63. The summed E-state index contributed by atoms with van der Waals surface area (Å²) >= 11 is 0. The molecular formula is C17H18O4. The summed E-state index contributed by atoms with van der Waals surface area (Å²) in [5.74, 6) is 0.394. The van der Waals surface area contributed by atoms with Crippen molar-refractivity contribution in [1.29, 1.82) is 0 Å². The lowest BCUT2D eigenvalue weighted by Crippen LogP contribution is -1.99. The van der Waals surface area contributed by atoms with Gasteiger partial charge in [0, 0.05) is 5.56 Å². The Morgan fingerprint density at radius 2 is 1.86 bits per heavy atom. The van der Waals surface area contributed by atoms with E-state index in [9.17, 15) is 4.79 Å². The minimum Gasteiger partial charge on any atom is -0.496 e. The maximum Gasteiger partial charge on any atom is 0.335 e. The zero-order chi connectivity index (χ0) is 15.4. The summed E-state index contributed by atoms with van der Waals surface area (Å²) < 4.78 is 10.8. The molecule has 4 heteroatoms. The van der Waals surface area contributed by atoms with E-state index in [1.807, 2.05) is 32.0 Å². The molecule has 0 saturated carbocycles. The standard InChI is InChI=1S/C17H18O4/c1-4-21-13-6-8-14(11(2)9-13)15-7-5-12(17(18)19)10-16(15)20-3/h5-10H,4H2,1-3H3,(H,18,19). The van der Waals surface area contributed by atoms with Crippen molar-refractivity contribution in [1.82, 2.24) is 0 Å². The van der Waals surface area contributed by atoms with E-state index >= 15 is 0 Å². The zero-order valence-corrected chi connectivity index (χ0v) is 12.3. The van der Waals surface area contributed by atoms with Crippen LogP contribution in [0.25, 0.3) is 11.1 Å². The van der Waals surface area contributed by atoms with Crippen LogP contribution in [0.3, 0.4) is 0 Å². The molecule has 0 fully saturated rings. The lowest BCUT2D eigenvalue weighted by molar-refractivity contribution is 0.0696. The first kappa shape index (κ1) is 14.9. The van der Waals surface area contributed by atoms with E-state index in [1.165, 1.54) is 13.2 Å². The van der Waals surface area contributed by atoms with Crippen LogP contribution < -0.4 is 9.47 Å². The van der Waals surface area contributed by atoms with Crippen molar-refractivity contribution in [3.63, 3.8) is 0 Å². The lowest BCUT2D eigenvalue weighted by atomic mass is 9.98. The van der Waals surface area contributed by atoms with E-state index in [0.717, 1.165) is 22.4 Å². The van der Waals surface area contributed by atoms with Crippen molar-refractivity contribution in [2.24, 2.45) is 0 Å². The van der Waals surface area contributed by atoms with Gasteiger partial charge in [-0.3, -0.25) is 0 Å². The summed E-state index contributed by atoms with van der Waals surface area (Å²) in [5.41, 5.74) is 3.11. The first-order valence-corrected chi connectivity index (χ1v) is 6.72. The second kappa shape index (κ2) is 6.31. The predicted octanol–water partition coefficient (Wildman–Crippen LogP) is 3.77. The molecule has 0 aromatic heterocycles. The molecule has 0 bridgehead atoms. The van der Waals surface area contributed by atoms with Crippen LogP contribution in [0.15, 0.2) is 36.4 Å². The van der Waals surface area contributed by atoms with Crippen LogP contribution in [-0.4, -0.2) is 24.8 Å². The van der Waals surface area contributed by atoms with Gasteiger partial charge in [0.2, 0.25) is 0 Å². The monoisotopic (exact) mass is 286 g/mol. The van der Waals surface area contributed by atoms with Crippen molar-refractivity contribution < 1.29 is 19.4 Å². The fraction of sp³-hybridized carbons (Fsp3) is 0.235. The predicted molar refractivity (Wildman–Crippen MR) is 81.3 cm³/mol. The summed E-state index contributed by atoms with van der Waals surface area (Å²) in [5, 5.41) is 9.04. The van der Waals surface area contributed by atoms with Gasteiger partial charge in [0.05, 0.1) is 19.3 Å². The van der Waals surface area contributed by atoms with E-state index < -0.39 is 5.97 Å². The van der Waals surface area contributed by atoms with Gasteiger partial charge in [-0.1, -0.05) is 6.07 Å². The molecule has 0 heterocycles. The molecule has 2 aromatic carbocycles. The highest BCUT2D eigenvalue weighted by atomic mass is 16.5. The average molecular weight is 286 g/mol. The zero-order valence-electron chi connectivity index (χ0n) is 12.3. The van der Waals surface area contributed by atoms with E-state index in [0.29, 0.717) is 12.4 Å². The fourth-order valence-electron chi connectivity index (χ4n) is 2.24. The van der Waals surface area contributed by atoms with Gasteiger partial charge < -0.3 is 14.6 Å². The highest BCUT2D eigenvalue weighted by Gasteiger charge is 2.12. The van der Waals surface area contributed by atoms with E-state index in [-0.39, 0.29) is 5.56 Å². The number of carboxylic acids is 1. The highest BCUT2D eigenvalue weighted by Crippen LogP contribution is 2.34. The number of aryl methyl sites for hydroxylation is 1. The van der Waals surface area contributed by atoms with Gasteiger partial charge in [0.15, 0.2) is 0 Å². The Morgan fingerprint density at radius 3 is 2.43 bits per heavy atom. The Labute approximate surface area is 123 Å². The third kappa shape index (κ3) is 3.16. The number of carbonyl (C=O) groups is 1. The second-order valence-electron chi connectivity index (χ2n) is 4.63. The smallest absolute Gasteiger partial charge is 0.335 e. The van der Waals surface area contributed by atoms with Crippen molar-refractivity contribution in [3.8, 4) is 22.6 Å². The molecule has 4 nitrogen and oxygen atoms in total. The van der Waals surface area contributed by atoms with Crippen molar-refractivity contribution in [3.05, 3.63) is 47.5 Å². The molecule has 0 spiro atoms. The molecule has 2 rings (SSSR count). The maximum absolute atomic E-state index is 11.0. The Kier molecular flexibility index (Phi) is 4.48. The third-order valence-corrected chi connectivity index (χ3v) is 3.25.